The molecule has 0 aromatic heterocycles. The Labute approximate surface area is 58.2 Å². The molecule has 0 aliphatic rings. The smallest absolute Gasteiger partial charge is 0.0323 e. The van der Waals surface area contributed by atoms with E-state index in [0.29, 0.717) is 0 Å². The van der Waals surface area contributed by atoms with Crippen molar-refractivity contribution in [2.75, 3.05) is 0 Å². The van der Waals surface area contributed by atoms with Crippen LogP contribution in [0, 0.1) is 0 Å². The molecule has 48 valence electrons. The maximum absolute atomic E-state index is 2.39. The van der Waals surface area contributed by atoms with E-state index >= 15 is 0 Å². The molecule has 0 aromatic carbocycles. The maximum Gasteiger partial charge on any atom is 0.0323 e. The van der Waals surface area contributed by atoms with Crippen LogP contribution in [0.3, 0.4) is 0 Å². The van der Waals surface area contributed by atoms with Gasteiger partial charge in [-0.25, -0.2) is 0 Å². The molecule has 0 heterocycles. The van der Waals surface area contributed by atoms with Crippen LogP contribution in [0.1, 0.15) is 26.2 Å². The van der Waals surface area contributed by atoms with Crippen molar-refractivity contribution in [3.8, 4) is 0 Å². The van der Waals surface area contributed by atoms with Crippen LogP contribution in [0.4, 0.5) is 0 Å². The lowest BCUT2D eigenvalue weighted by molar-refractivity contribution is 0.808. The Hall–Kier alpha value is 0.174. The van der Waals surface area contributed by atoms with E-state index in [1.807, 2.05) is 0 Å². The third-order valence-electron chi connectivity index (χ3n) is 1.42. The zero-order valence-corrected chi connectivity index (χ0v) is 10.2. The summed E-state index contributed by atoms with van der Waals surface area (Å²) < 4.78 is 0. The molecule has 0 atom stereocenters. The summed E-state index contributed by atoms with van der Waals surface area (Å²) in [7, 11) is 2.56. The minimum Gasteiger partial charge on any atom is -0.111 e. The Morgan fingerprint density at radius 1 is 1.62 bits per heavy atom. The van der Waals surface area contributed by atoms with Gasteiger partial charge in [-0.2, -0.15) is 0 Å². The fourth-order valence-corrected chi connectivity index (χ4v) is 1.24. The van der Waals surface area contributed by atoms with E-state index < -0.39 is 0 Å². The van der Waals surface area contributed by atoms with Gasteiger partial charge in [-0.1, -0.05) is 19.8 Å². The molecule has 0 rings (SSSR count). The second-order valence-electron chi connectivity index (χ2n) is 2.24. The van der Waals surface area contributed by atoms with Gasteiger partial charge in [0.15, 0.2) is 0 Å². The minimum atomic E-state index is 1.26. The highest BCUT2D eigenvalue weighted by molar-refractivity contribution is 6.28. The van der Waals surface area contributed by atoms with Gasteiger partial charge in [0.25, 0.3) is 0 Å². The lowest BCUT2D eigenvalue weighted by atomic mass is 10.2. The van der Waals surface area contributed by atoms with Crippen molar-refractivity contribution in [3.63, 3.8) is 0 Å². The Kier molecular flexibility index (Phi) is 5.43. The van der Waals surface area contributed by atoms with E-state index in [2.05, 4.69) is 12.6 Å². The monoisotopic (exact) mass is 144 g/mol. The van der Waals surface area contributed by atoms with Gasteiger partial charge in [0, 0.05) is 20.5 Å². The van der Waals surface area contributed by atoms with Crippen molar-refractivity contribution in [3.05, 3.63) is 10.9 Å². The van der Waals surface area contributed by atoms with E-state index in [4.69, 9.17) is 0 Å². The molecule has 0 radical (unpaired) electrons. The fraction of sp³-hybridized carbons (Fsp3) is 0.667. The molecule has 0 saturated carbocycles. The van der Waals surface area contributed by atoms with Gasteiger partial charge in [-0.3, -0.25) is 0 Å². The van der Waals surface area contributed by atoms with E-state index in [9.17, 15) is 0 Å². The molecule has 0 nitrogen and oxygen atoms in total. The van der Waals surface area contributed by atoms with Crippen molar-refractivity contribution < 1.29 is 0 Å². The van der Waals surface area contributed by atoms with Crippen molar-refractivity contribution in [1.29, 1.82) is 0 Å². The average molecular weight is 144 g/mol. The molecule has 0 unspecified atom stereocenters. The molecule has 0 aliphatic heterocycles. The molecular formula is C6H16Si2. The summed E-state index contributed by atoms with van der Waals surface area (Å²) in [5.74, 6) is 0. The molecule has 0 bridgehead atoms. The summed E-state index contributed by atoms with van der Waals surface area (Å²) >= 11 is 0. The predicted molar refractivity (Wildman–Crippen MR) is 47.5 cm³/mol. The third kappa shape index (κ3) is 4.34. The zero-order valence-electron chi connectivity index (χ0n) is 6.20. The first kappa shape index (κ1) is 8.17. The molecule has 0 saturated heterocycles. The van der Waals surface area contributed by atoms with E-state index in [-0.39, 0.29) is 0 Å². The van der Waals surface area contributed by atoms with Crippen molar-refractivity contribution in [2.45, 2.75) is 26.2 Å². The van der Waals surface area contributed by atoms with Gasteiger partial charge in [0.1, 0.15) is 0 Å². The van der Waals surface area contributed by atoms with Gasteiger partial charge >= 0.3 is 0 Å². The Bertz CT molecular complexity index is 76.6. The molecule has 0 amide bonds. The Balaban J connectivity index is 3.12. The van der Waals surface area contributed by atoms with Crippen molar-refractivity contribution in [1.82, 2.24) is 0 Å². The van der Waals surface area contributed by atoms with Gasteiger partial charge in [-0.05, 0) is 6.42 Å². The molecule has 0 aliphatic carbocycles. The molecule has 0 spiro atoms. The number of rotatable bonds is 3. The average Bonchev–Trinajstić information content (AvgIpc) is 1.83. The molecule has 0 aromatic rings. The summed E-state index contributed by atoms with van der Waals surface area (Å²) in [6.07, 6.45) is 4.13. The number of allylic oxidation sites excluding steroid dienone is 1. The van der Waals surface area contributed by atoms with Gasteiger partial charge in [0.2, 0.25) is 0 Å². The number of hydrogen-bond donors (Lipinski definition) is 0. The molecule has 8 heavy (non-hydrogen) atoms. The van der Waals surface area contributed by atoms with Crippen molar-refractivity contribution in [2.24, 2.45) is 0 Å². The van der Waals surface area contributed by atoms with Gasteiger partial charge < -0.3 is 0 Å². The third-order valence-corrected chi connectivity index (χ3v) is 4.64. The van der Waals surface area contributed by atoms with E-state index in [1.165, 1.54) is 39.7 Å². The normalized spacial score (nSPS) is 12.9. The number of unbranched alkanes of at least 4 members (excludes halogenated alkanes) is 1. The zero-order chi connectivity index (χ0) is 6.41. The SMILES string of the molecule is CCCCC([SiH3])=C[SiH3]. The first-order valence-corrected chi connectivity index (χ1v) is 5.58. The quantitative estimate of drug-likeness (QED) is 0.479. The van der Waals surface area contributed by atoms with E-state index in [1.54, 1.807) is 5.20 Å². The van der Waals surface area contributed by atoms with Crippen LogP contribution in [-0.2, 0) is 0 Å². The summed E-state index contributed by atoms with van der Waals surface area (Å²) in [5.41, 5.74) is 2.39. The van der Waals surface area contributed by atoms with Gasteiger partial charge in [-0.15, -0.1) is 10.9 Å². The standard InChI is InChI=1S/C6H16Si2/c1-2-3-4-6(8)5-7/h5H,2-4H2,1,7-8H3. The van der Waals surface area contributed by atoms with Crippen LogP contribution in [0.25, 0.3) is 0 Å². The number of hydrogen-bond acceptors (Lipinski definition) is 0. The van der Waals surface area contributed by atoms with Gasteiger partial charge in [0.05, 0.1) is 0 Å². The lowest BCUT2D eigenvalue weighted by Crippen LogP contribution is -1.81. The van der Waals surface area contributed by atoms with E-state index in [0.717, 1.165) is 0 Å². The van der Waals surface area contributed by atoms with Crippen LogP contribution in [0.2, 0.25) is 0 Å². The van der Waals surface area contributed by atoms with Crippen LogP contribution in [0.15, 0.2) is 10.9 Å². The Morgan fingerprint density at radius 2 is 2.25 bits per heavy atom. The summed E-state index contributed by atoms with van der Waals surface area (Å²) in [6.45, 7) is 2.25. The van der Waals surface area contributed by atoms with Crippen LogP contribution in [0.5, 0.6) is 0 Å². The first-order valence-electron chi connectivity index (χ1n) is 3.43. The highest BCUT2D eigenvalue weighted by Crippen LogP contribution is 2.00. The highest BCUT2D eigenvalue weighted by Gasteiger charge is 1.83. The first-order chi connectivity index (χ1) is 3.81. The molecule has 2 heteroatoms. The molecule has 0 N–H and O–H groups in total. The van der Waals surface area contributed by atoms with Crippen LogP contribution in [-0.4, -0.2) is 20.5 Å². The summed E-state index contributed by atoms with van der Waals surface area (Å²) in [5, 5.41) is 1.72. The van der Waals surface area contributed by atoms with Crippen LogP contribution >= 0.6 is 0 Å². The van der Waals surface area contributed by atoms with Crippen LogP contribution < -0.4 is 0 Å². The molecule has 0 fully saturated rings. The molecular weight excluding hydrogens is 128 g/mol. The minimum absolute atomic E-state index is 1.26. The topological polar surface area (TPSA) is 0 Å². The Morgan fingerprint density at radius 3 is 2.62 bits per heavy atom. The second kappa shape index (κ2) is 5.31. The highest BCUT2D eigenvalue weighted by atomic mass is 28.2. The fourth-order valence-electron chi connectivity index (χ4n) is 0.600. The van der Waals surface area contributed by atoms with Crippen molar-refractivity contribution >= 4 is 20.5 Å². The summed E-state index contributed by atoms with van der Waals surface area (Å²) in [6, 6.07) is 0. The largest absolute Gasteiger partial charge is 0.111 e. The summed E-state index contributed by atoms with van der Waals surface area (Å²) in [4.78, 5) is 0. The maximum atomic E-state index is 2.39. The lowest BCUT2D eigenvalue weighted by Gasteiger charge is -1.94. The second-order valence-corrected chi connectivity index (χ2v) is 4.10. The predicted octanol–water partition coefficient (Wildman–Crippen LogP) is -0.251.